The third-order valence-electron chi connectivity index (χ3n) is 3.25. The number of piperidine rings is 1. The number of carboxylic acids is 1. The van der Waals surface area contributed by atoms with E-state index in [2.05, 4.69) is 17.0 Å². The fourth-order valence-corrected chi connectivity index (χ4v) is 2.47. The Morgan fingerprint density at radius 2 is 2.00 bits per heavy atom. The van der Waals surface area contributed by atoms with Gasteiger partial charge in [0, 0.05) is 13.1 Å². The largest absolute Gasteiger partial charge is 0.481 e. The topological polar surface area (TPSA) is 40.5 Å². The fraction of sp³-hybridized carbons (Fsp3) is 0.462. The summed E-state index contributed by atoms with van der Waals surface area (Å²) in [6.45, 7) is 1.62. The number of likely N-dealkylation sites (N-methyl/N-ethyl adjacent to an activating group) is 1. The van der Waals surface area contributed by atoms with Gasteiger partial charge in [0.15, 0.2) is 0 Å². The summed E-state index contributed by atoms with van der Waals surface area (Å²) in [6.07, 6.45) is 0.754. The Morgan fingerprint density at radius 1 is 1.31 bits per heavy atom. The van der Waals surface area contributed by atoms with Gasteiger partial charge in [-0.1, -0.05) is 30.3 Å². The van der Waals surface area contributed by atoms with Crippen LogP contribution >= 0.6 is 0 Å². The second-order valence-corrected chi connectivity index (χ2v) is 4.60. The monoisotopic (exact) mass is 219 g/mol. The molecule has 0 aliphatic carbocycles. The second kappa shape index (κ2) is 4.66. The number of rotatable bonds is 2. The summed E-state index contributed by atoms with van der Waals surface area (Å²) >= 11 is 0. The number of aliphatic carboxylic acids is 1. The average Bonchev–Trinajstić information content (AvgIpc) is 2.29. The molecule has 3 nitrogen and oxygen atoms in total. The minimum absolute atomic E-state index is 0.232. The van der Waals surface area contributed by atoms with Crippen molar-refractivity contribution in [3.05, 3.63) is 35.9 Å². The SMILES string of the molecule is CN1CC(C(=O)O)CC(c2ccccc2)C1. The Labute approximate surface area is 95.7 Å². The maximum Gasteiger partial charge on any atom is 0.307 e. The lowest BCUT2D eigenvalue weighted by molar-refractivity contribution is -0.143. The van der Waals surface area contributed by atoms with E-state index < -0.39 is 5.97 Å². The lowest BCUT2D eigenvalue weighted by Crippen LogP contribution is -2.40. The molecule has 3 heteroatoms. The number of nitrogens with zero attached hydrogens (tertiary/aromatic N) is 1. The molecule has 0 aromatic heterocycles. The highest BCUT2D eigenvalue weighted by molar-refractivity contribution is 5.70. The van der Waals surface area contributed by atoms with Gasteiger partial charge in [0.05, 0.1) is 5.92 Å². The van der Waals surface area contributed by atoms with Gasteiger partial charge in [-0.3, -0.25) is 4.79 Å². The zero-order valence-corrected chi connectivity index (χ0v) is 9.47. The molecule has 1 N–H and O–H groups in total. The summed E-state index contributed by atoms with van der Waals surface area (Å²) in [5, 5.41) is 9.09. The molecule has 2 rings (SSSR count). The molecule has 0 amide bonds. The van der Waals surface area contributed by atoms with Gasteiger partial charge in [-0.25, -0.2) is 0 Å². The van der Waals surface area contributed by atoms with Gasteiger partial charge in [-0.05, 0) is 24.9 Å². The van der Waals surface area contributed by atoms with E-state index >= 15 is 0 Å². The molecular weight excluding hydrogens is 202 g/mol. The quantitative estimate of drug-likeness (QED) is 0.824. The van der Waals surface area contributed by atoms with Crippen LogP contribution in [0.5, 0.6) is 0 Å². The standard InChI is InChI=1S/C13H17NO2/c1-14-8-11(7-12(9-14)13(15)16)10-5-3-2-4-6-10/h2-6,11-12H,7-9H2,1H3,(H,15,16). The Hall–Kier alpha value is -1.35. The highest BCUT2D eigenvalue weighted by Gasteiger charge is 2.30. The van der Waals surface area contributed by atoms with E-state index in [0.717, 1.165) is 13.0 Å². The molecule has 16 heavy (non-hydrogen) atoms. The molecule has 1 heterocycles. The fourth-order valence-electron chi connectivity index (χ4n) is 2.47. The van der Waals surface area contributed by atoms with Crippen LogP contribution in [0, 0.1) is 5.92 Å². The highest BCUT2D eigenvalue weighted by Crippen LogP contribution is 2.29. The van der Waals surface area contributed by atoms with Crippen molar-refractivity contribution in [2.45, 2.75) is 12.3 Å². The minimum Gasteiger partial charge on any atom is -0.481 e. The van der Waals surface area contributed by atoms with Crippen LogP contribution in [0.2, 0.25) is 0 Å². The van der Waals surface area contributed by atoms with Crippen molar-refractivity contribution >= 4 is 5.97 Å². The molecule has 1 aromatic carbocycles. The highest BCUT2D eigenvalue weighted by atomic mass is 16.4. The molecule has 1 saturated heterocycles. The predicted octanol–water partition coefficient (Wildman–Crippen LogP) is 1.81. The smallest absolute Gasteiger partial charge is 0.307 e. The summed E-state index contributed by atoms with van der Waals surface area (Å²) in [7, 11) is 1.99. The Balaban J connectivity index is 2.14. The van der Waals surface area contributed by atoms with Gasteiger partial charge in [0.25, 0.3) is 0 Å². The maximum atomic E-state index is 11.1. The minimum atomic E-state index is -0.674. The molecule has 2 atom stereocenters. The van der Waals surface area contributed by atoms with Crippen LogP contribution in [0.4, 0.5) is 0 Å². The third-order valence-corrected chi connectivity index (χ3v) is 3.25. The first kappa shape index (κ1) is 11.1. The van der Waals surface area contributed by atoms with E-state index in [1.54, 1.807) is 0 Å². The van der Waals surface area contributed by atoms with Crippen molar-refractivity contribution in [3.63, 3.8) is 0 Å². The predicted molar refractivity (Wildman–Crippen MR) is 62.4 cm³/mol. The number of benzene rings is 1. The van der Waals surface area contributed by atoms with Gasteiger partial charge in [0.2, 0.25) is 0 Å². The zero-order valence-electron chi connectivity index (χ0n) is 9.47. The van der Waals surface area contributed by atoms with Crippen LogP contribution < -0.4 is 0 Å². The van der Waals surface area contributed by atoms with Crippen molar-refractivity contribution in [3.8, 4) is 0 Å². The molecule has 1 aromatic rings. The number of carboxylic acid groups (broad SMARTS) is 1. The van der Waals surface area contributed by atoms with Crippen molar-refractivity contribution in [1.29, 1.82) is 0 Å². The summed E-state index contributed by atoms with van der Waals surface area (Å²) < 4.78 is 0. The first-order valence-corrected chi connectivity index (χ1v) is 5.63. The normalized spacial score (nSPS) is 26.6. The molecule has 0 bridgehead atoms. The van der Waals surface area contributed by atoms with Gasteiger partial charge in [-0.15, -0.1) is 0 Å². The van der Waals surface area contributed by atoms with E-state index in [0.29, 0.717) is 12.5 Å². The molecule has 1 aliphatic rings. The summed E-state index contributed by atoms with van der Waals surface area (Å²) in [4.78, 5) is 13.2. The van der Waals surface area contributed by atoms with Gasteiger partial charge in [0.1, 0.15) is 0 Å². The van der Waals surface area contributed by atoms with E-state index in [9.17, 15) is 4.79 Å². The lowest BCUT2D eigenvalue weighted by Gasteiger charge is -2.33. The van der Waals surface area contributed by atoms with E-state index in [-0.39, 0.29) is 5.92 Å². The zero-order chi connectivity index (χ0) is 11.5. The van der Waals surface area contributed by atoms with Crippen molar-refractivity contribution < 1.29 is 9.90 Å². The van der Waals surface area contributed by atoms with Crippen LogP contribution in [0.1, 0.15) is 17.9 Å². The van der Waals surface area contributed by atoms with Gasteiger partial charge >= 0.3 is 5.97 Å². The number of carbonyl (C=O) groups is 1. The second-order valence-electron chi connectivity index (χ2n) is 4.60. The molecule has 0 saturated carbocycles. The lowest BCUT2D eigenvalue weighted by atomic mass is 9.85. The first-order valence-electron chi connectivity index (χ1n) is 5.63. The van der Waals surface area contributed by atoms with Crippen molar-refractivity contribution in [2.24, 2.45) is 5.92 Å². The van der Waals surface area contributed by atoms with Crippen LogP contribution in [0.25, 0.3) is 0 Å². The number of likely N-dealkylation sites (tertiary alicyclic amines) is 1. The Morgan fingerprint density at radius 3 is 2.62 bits per heavy atom. The summed E-state index contributed by atoms with van der Waals surface area (Å²) in [5.41, 5.74) is 1.25. The van der Waals surface area contributed by atoms with Crippen LogP contribution in [-0.2, 0) is 4.79 Å². The Kier molecular flexibility index (Phi) is 3.25. The third kappa shape index (κ3) is 2.42. The molecule has 0 radical (unpaired) electrons. The van der Waals surface area contributed by atoms with E-state index in [4.69, 9.17) is 5.11 Å². The van der Waals surface area contributed by atoms with Gasteiger partial charge in [-0.2, -0.15) is 0 Å². The van der Waals surface area contributed by atoms with E-state index in [1.807, 2.05) is 25.2 Å². The molecular formula is C13H17NO2. The van der Waals surface area contributed by atoms with Gasteiger partial charge < -0.3 is 10.0 Å². The number of hydrogen-bond donors (Lipinski definition) is 1. The average molecular weight is 219 g/mol. The van der Waals surface area contributed by atoms with Crippen LogP contribution in [-0.4, -0.2) is 36.1 Å². The number of hydrogen-bond acceptors (Lipinski definition) is 2. The summed E-state index contributed by atoms with van der Waals surface area (Å²) in [5.74, 6) is -0.558. The van der Waals surface area contributed by atoms with E-state index in [1.165, 1.54) is 5.56 Å². The molecule has 86 valence electrons. The van der Waals surface area contributed by atoms with Crippen LogP contribution in [0.15, 0.2) is 30.3 Å². The maximum absolute atomic E-state index is 11.1. The van der Waals surface area contributed by atoms with Crippen molar-refractivity contribution in [2.75, 3.05) is 20.1 Å². The van der Waals surface area contributed by atoms with Crippen LogP contribution in [0.3, 0.4) is 0 Å². The molecule has 0 spiro atoms. The molecule has 2 unspecified atom stereocenters. The first-order chi connectivity index (χ1) is 7.66. The van der Waals surface area contributed by atoms with Crippen molar-refractivity contribution in [1.82, 2.24) is 4.90 Å². The molecule has 1 fully saturated rings. The Bertz CT molecular complexity index is 363. The summed E-state index contributed by atoms with van der Waals surface area (Å²) in [6, 6.07) is 10.2. The molecule has 1 aliphatic heterocycles.